The van der Waals surface area contributed by atoms with Crippen LogP contribution in [-0.2, 0) is 0 Å². The number of unbranched alkanes of at least 4 members (excludes halogenated alkanes) is 3. The standard InChI is InChI=1S/C17H28Cl2Si/c1-5-6-7-8-11-20(18,19)13-16(4)17-12-14(2)9-10-15(17)3/h9-10,12,16H,5-8,11,13H2,1-4H3. The van der Waals surface area contributed by atoms with E-state index >= 15 is 0 Å². The van der Waals surface area contributed by atoms with Gasteiger partial charge in [0.1, 0.15) is 0 Å². The molecular formula is C17H28Cl2Si. The van der Waals surface area contributed by atoms with Crippen LogP contribution >= 0.6 is 22.2 Å². The molecule has 0 N–H and O–H groups in total. The summed E-state index contributed by atoms with van der Waals surface area (Å²) in [6.07, 6.45) is 5.01. The Hall–Kier alpha value is 0.0169. The molecule has 0 radical (unpaired) electrons. The fraction of sp³-hybridized carbons (Fsp3) is 0.647. The van der Waals surface area contributed by atoms with Crippen molar-refractivity contribution in [3.8, 4) is 0 Å². The van der Waals surface area contributed by atoms with E-state index in [-0.39, 0.29) is 0 Å². The summed E-state index contributed by atoms with van der Waals surface area (Å²) in [6.45, 7) is 6.72. The largest absolute Gasteiger partial charge is 0.251 e. The van der Waals surface area contributed by atoms with Crippen molar-refractivity contribution in [3.63, 3.8) is 0 Å². The Bertz CT molecular complexity index is 415. The third-order valence-corrected chi connectivity index (χ3v) is 8.32. The molecule has 0 bridgehead atoms. The second-order valence-corrected chi connectivity index (χ2v) is 13.7. The monoisotopic (exact) mass is 330 g/mol. The molecule has 1 aromatic rings. The molecule has 0 spiro atoms. The van der Waals surface area contributed by atoms with E-state index in [1.165, 1.54) is 42.4 Å². The van der Waals surface area contributed by atoms with Crippen molar-refractivity contribution in [1.82, 2.24) is 0 Å². The van der Waals surface area contributed by atoms with Crippen molar-refractivity contribution in [3.05, 3.63) is 34.9 Å². The molecule has 0 heterocycles. The van der Waals surface area contributed by atoms with Crippen molar-refractivity contribution < 1.29 is 0 Å². The lowest BCUT2D eigenvalue weighted by Crippen LogP contribution is -2.21. The van der Waals surface area contributed by atoms with Crippen LogP contribution in [0.3, 0.4) is 0 Å². The number of hydrogen-bond donors (Lipinski definition) is 0. The summed E-state index contributed by atoms with van der Waals surface area (Å²) >= 11 is 13.3. The van der Waals surface area contributed by atoms with Crippen LogP contribution in [0.1, 0.15) is 62.1 Å². The molecule has 0 fully saturated rings. The minimum absolute atomic E-state index is 0.461. The summed E-state index contributed by atoms with van der Waals surface area (Å²) in [6, 6.07) is 8.66. The van der Waals surface area contributed by atoms with E-state index in [0.717, 1.165) is 12.1 Å². The Morgan fingerprint density at radius 2 is 1.80 bits per heavy atom. The molecule has 0 aliphatic carbocycles. The van der Waals surface area contributed by atoms with E-state index in [1.807, 2.05) is 0 Å². The van der Waals surface area contributed by atoms with Crippen molar-refractivity contribution in [2.75, 3.05) is 0 Å². The van der Waals surface area contributed by atoms with Gasteiger partial charge < -0.3 is 0 Å². The van der Waals surface area contributed by atoms with Crippen LogP contribution in [0.25, 0.3) is 0 Å². The van der Waals surface area contributed by atoms with E-state index < -0.39 is 6.69 Å². The summed E-state index contributed by atoms with van der Waals surface area (Å²) in [4.78, 5) is 0. The van der Waals surface area contributed by atoms with Gasteiger partial charge in [-0.25, -0.2) is 0 Å². The number of hydrogen-bond acceptors (Lipinski definition) is 0. The summed E-state index contributed by atoms with van der Waals surface area (Å²) in [5.41, 5.74) is 4.08. The van der Waals surface area contributed by atoms with E-state index in [2.05, 4.69) is 45.9 Å². The third-order valence-electron chi connectivity index (χ3n) is 3.97. The highest BCUT2D eigenvalue weighted by molar-refractivity contribution is 7.45. The van der Waals surface area contributed by atoms with Gasteiger partial charge >= 0.3 is 0 Å². The first-order valence-electron chi connectivity index (χ1n) is 7.80. The molecule has 0 amide bonds. The van der Waals surface area contributed by atoms with Gasteiger partial charge in [-0.2, -0.15) is 0 Å². The molecule has 20 heavy (non-hydrogen) atoms. The second kappa shape index (κ2) is 8.46. The van der Waals surface area contributed by atoms with Gasteiger partial charge in [-0.3, -0.25) is 0 Å². The highest BCUT2D eigenvalue weighted by Gasteiger charge is 2.30. The maximum atomic E-state index is 6.66. The Morgan fingerprint density at radius 1 is 1.10 bits per heavy atom. The van der Waals surface area contributed by atoms with Gasteiger partial charge in [0.2, 0.25) is 0 Å². The summed E-state index contributed by atoms with van der Waals surface area (Å²) in [7, 11) is 0. The molecule has 0 nitrogen and oxygen atoms in total. The van der Waals surface area contributed by atoms with E-state index in [0.29, 0.717) is 5.92 Å². The molecule has 0 saturated heterocycles. The fourth-order valence-electron chi connectivity index (χ4n) is 2.76. The minimum atomic E-state index is -2.10. The van der Waals surface area contributed by atoms with Gasteiger partial charge in [-0.1, -0.05) is 63.3 Å². The molecule has 1 aromatic carbocycles. The van der Waals surface area contributed by atoms with E-state index in [9.17, 15) is 0 Å². The van der Waals surface area contributed by atoms with Gasteiger partial charge in [-0.05, 0) is 43.0 Å². The van der Waals surface area contributed by atoms with Crippen molar-refractivity contribution >= 4 is 28.9 Å². The zero-order chi connectivity index (χ0) is 15.2. The average molecular weight is 331 g/mol. The first kappa shape index (κ1) is 18.1. The summed E-state index contributed by atoms with van der Waals surface area (Å²) in [5.74, 6) is 0.461. The van der Waals surface area contributed by atoms with Crippen LogP contribution < -0.4 is 0 Å². The van der Waals surface area contributed by atoms with Gasteiger partial charge in [0.15, 0.2) is 0 Å². The molecule has 3 heteroatoms. The van der Waals surface area contributed by atoms with E-state index in [1.54, 1.807) is 0 Å². The minimum Gasteiger partial charge on any atom is -0.146 e. The first-order valence-corrected chi connectivity index (χ1v) is 12.2. The molecule has 0 aliphatic rings. The second-order valence-electron chi connectivity index (χ2n) is 6.13. The molecule has 0 aliphatic heterocycles. The molecule has 0 saturated carbocycles. The summed E-state index contributed by atoms with van der Waals surface area (Å²) < 4.78 is 0. The van der Waals surface area contributed by atoms with Crippen molar-refractivity contribution in [1.29, 1.82) is 0 Å². The molecule has 1 rings (SSSR count). The quantitative estimate of drug-likeness (QED) is 0.276. The zero-order valence-electron chi connectivity index (χ0n) is 13.3. The predicted octanol–water partition coefficient (Wildman–Crippen LogP) is 6.91. The van der Waals surface area contributed by atoms with Crippen molar-refractivity contribution in [2.45, 2.75) is 71.4 Å². The number of benzene rings is 1. The highest BCUT2D eigenvalue weighted by Crippen LogP contribution is 2.36. The number of rotatable bonds is 8. The lowest BCUT2D eigenvalue weighted by molar-refractivity contribution is 0.696. The normalized spacial score (nSPS) is 13.5. The van der Waals surface area contributed by atoms with Gasteiger partial charge in [-0.15, -0.1) is 22.2 Å². The molecule has 114 valence electrons. The smallest absolute Gasteiger partial charge is 0.146 e. The Morgan fingerprint density at radius 3 is 2.45 bits per heavy atom. The van der Waals surface area contributed by atoms with Gasteiger partial charge in [0, 0.05) is 0 Å². The Balaban J connectivity index is 2.59. The first-order chi connectivity index (χ1) is 9.35. The average Bonchev–Trinajstić information content (AvgIpc) is 2.37. The van der Waals surface area contributed by atoms with Crippen LogP contribution in [-0.4, -0.2) is 6.69 Å². The molecular weight excluding hydrogens is 303 g/mol. The highest BCUT2D eigenvalue weighted by atomic mass is 35.7. The lowest BCUT2D eigenvalue weighted by Gasteiger charge is -2.23. The van der Waals surface area contributed by atoms with Crippen molar-refractivity contribution in [2.24, 2.45) is 0 Å². The van der Waals surface area contributed by atoms with E-state index in [4.69, 9.17) is 22.2 Å². The maximum absolute atomic E-state index is 6.66. The summed E-state index contributed by atoms with van der Waals surface area (Å²) in [5, 5.41) is 0. The van der Waals surface area contributed by atoms with Crippen LogP contribution in [0.4, 0.5) is 0 Å². The molecule has 1 atom stereocenters. The van der Waals surface area contributed by atoms with Crippen LogP contribution in [0.15, 0.2) is 18.2 Å². The van der Waals surface area contributed by atoms with Gasteiger partial charge in [0.05, 0.1) is 0 Å². The SMILES string of the molecule is CCCCCC[Si](Cl)(Cl)CC(C)c1cc(C)ccc1C. The molecule has 0 aromatic heterocycles. The zero-order valence-corrected chi connectivity index (χ0v) is 15.8. The topological polar surface area (TPSA) is 0 Å². The maximum Gasteiger partial charge on any atom is 0.251 e. The number of aryl methyl sites for hydroxylation is 2. The van der Waals surface area contributed by atoms with Gasteiger partial charge in [0.25, 0.3) is 6.69 Å². The Kier molecular flexibility index (Phi) is 7.64. The van der Waals surface area contributed by atoms with Crippen LogP contribution in [0.2, 0.25) is 12.1 Å². The van der Waals surface area contributed by atoms with Crippen LogP contribution in [0.5, 0.6) is 0 Å². The lowest BCUT2D eigenvalue weighted by atomic mass is 9.96. The Labute approximate surface area is 135 Å². The van der Waals surface area contributed by atoms with Crippen LogP contribution in [0, 0.1) is 13.8 Å². The predicted molar refractivity (Wildman–Crippen MR) is 95.5 cm³/mol. The fourth-order valence-corrected chi connectivity index (χ4v) is 7.04. The third kappa shape index (κ3) is 6.20. The number of halogens is 2. The molecule has 1 unspecified atom stereocenters.